The summed E-state index contributed by atoms with van der Waals surface area (Å²) in [4.78, 5) is 20.3. The molecule has 0 saturated heterocycles. The predicted octanol–water partition coefficient (Wildman–Crippen LogP) is 3.52. The van der Waals surface area contributed by atoms with Crippen LogP contribution in [0.2, 0.25) is 10.0 Å². The third-order valence-electron chi connectivity index (χ3n) is 3.65. The Morgan fingerprint density at radius 2 is 1.69 bits per heavy atom. The molecule has 7 N–H and O–H groups in total. The molecule has 0 unspecified atom stereocenters. The zero-order chi connectivity index (χ0) is 22.1. The van der Waals surface area contributed by atoms with E-state index in [0.29, 0.717) is 34.9 Å². The summed E-state index contributed by atoms with van der Waals surface area (Å²) < 4.78 is 0. The average molecular weight is 442 g/mol. The molecule has 0 spiro atoms. The highest BCUT2D eigenvalue weighted by Crippen LogP contribution is 2.18. The normalized spacial score (nSPS) is 10.7. The van der Waals surface area contributed by atoms with E-state index in [1.807, 2.05) is 18.2 Å². The zero-order valence-electron chi connectivity index (χ0n) is 16.3. The van der Waals surface area contributed by atoms with Crippen LogP contribution in [0.1, 0.15) is 35.2 Å². The fourth-order valence-corrected chi connectivity index (χ4v) is 2.49. The number of halogens is 2. The Morgan fingerprint density at radius 3 is 2.17 bits per heavy atom. The number of carbonyl (C=O) groups is 2. The molecule has 29 heavy (non-hydrogen) atoms. The van der Waals surface area contributed by atoms with Crippen molar-refractivity contribution >= 4 is 35.5 Å². The van der Waals surface area contributed by atoms with Crippen LogP contribution in [-0.2, 0) is 11.2 Å². The molecule has 0 aliphatic heterocycles. The van der Waals surface area contributed by atoms with Gasteiger partial charge in [0.05, 0.1) is 5.02 Å². The van der Waals surface area contributed by atoms with Crippen LogP contribution < -0.4 is 17.2 Å². The summed E-state index contributed by atoms with van der Waals surface area (Å²) in [7, 11) is 0. The summed E-state index contributed by atoms with van der Waals surface area (Å²) in [6.45, 7) is 1.34. The van der Waals surface area contributed by atoms with Crippen molar-refractivity contribution in [1.29, 1.82) is 0 Å². The molecule has 8 heteroatoms. The average Bonchev–Trinajstić information content (AvgIpc) is 2.70. The zero-order valence-corrected chi connectivity index (χ0v) is 17.8. The number of unbranched alkanes of at least 4 members (excludes halogenated alkanes) is 1. The van der Waals surface area contributed by atoms with Gasteiger partial charge in [0.1, 0.15) is 6.04 Å². The molecule has 160 valence electrons. The highest BCUT2D eigenvalue weighted by molar-refractivity contribution is 6.36. The van der Waals surface area contributed by atoms with Gasteiger partial charge in [-0.2, -0.15) is 0 Å². The van der Waals surface area contributed by atoms with Crippen molar-refractivity contribution in [1.82, 2.24) is 0 Å². The van der Waals surface area contributed by atoms with Gasteiger partial charge in [-0.05, 0) is 56.1 Å². The van der Waals surface area contributed by atoms with Gasteiger partial charge in [0.25, 0.3) is 0 Å². The minimum atomic E-state index is -0.933. The SMILES string of the molecule is NCCCC[C@H](N)C(=O)O.NCCc1ccccc1.O=Cc1ccc(Cl)cc1Cl. The van der Waals surface area contributed by atoms with Gasteiger partial charge in [-0.3, -0.25) is 9.59 Å². The molecule has 0 fully saturated rings. The van der Waals surface area contributed by atoms with E-state index in [1.54, 1.807) is 12.1 Å². The van der Waals surface area contributed by atoms with Crippen molar-refractivity contribution in [3.63, 3.8) is 0 Å². The number of hydrogen-bond acceptors (Lipinski definition) is 5. The lowest BCUT2D eigenvalue weighted by molar-refractivity contribution is -0.138. The molecule has 0 amide bonds. The van der Waals surface area contributed by atoms with Gasteiger partial charge >= 0.3 is 5.97 Å². The van der Waals surface area contributed by atoms with Crippen molar-refractivity contribution in [2.45, 2.75) is 31.7 Å². The minimum absolute atomic E-state index is 0.391. The summed E-state index contributed by atoms with van der Waals surface area (Å²) >= 11 is 11.2. The number of hydrogen-bond donors (Lipinski definition) is 4. The fourth-order valence-electron chi connectivity index (χ4n) is 2.04. The lowest BCUT2D eigenvalue weighted by atomic mass is 10.1. The number of aliphatic carboxylic acids is 1. The van der Waals surface area contributed by atoms with E-state index in [9.17, 15) is 9.59 Å². The fraction of sp³-hybridized carbons (Fsp3) is 0.333. The van der Waals surface area contributed by atoms with Gasteiger partial charge < -0.3 is 22.3 Å². The van der Waals surface area contributed by atoms with Gasteiger partial charge in [-0.15, -0.1) is 0 Å². The van der Waals surface area contributed by atoms with Gasteiger partial charge in [0.15, 0.2) is 6.29 Å². The van der Waals surface area contributed by atoms with Crippen LogP contribution in [0.15, 0.2) is 48.5 Å². The van der Waals surface area contributed by atoms with E-state index >= 15 is 0 Å². The van der Waals surface area contributed by atoms with E-state index in [0.717, 1.165) is 25.8 Å². The molecule has 0 heterocycles. The summed E-state index contributed by atoms with van der Waals surface area (Å²) in [6, 6.07) is 14.3. The van der Waals surface area contributed by atoms with Crippen LogP contribution in [0.25, 0.3) is 0 Å². The van der Waals surface area contributed by atoms with Gasteiger partial charge in [-0.25, -0.2) is 0 Å². The number of carboxylic acid groups (broad SMARTS) is 1. The quantitative estimate of drug-likeness (QED) is 0.365. The summed E-state index contributed by atoms with van der Waals surface area (Å²) in [5, 5.41) is 9.25. The smallest absolute Gasteiger partial charge is 0.320 e. The minimum Gasteiger partial charge on any atom is -0.480 e. The molecule has 0 aliphatic rings. The second kappa shape index (κ2) is 16.9. The number of rotatable bonds is 8. The first kappa shape index (κ1) is 27.0. The topological polar surface area (TPSA) is 132 Å². The first-order valence-electron chi connectivity index (χ1n) is 9.18. The van der Waals surface area contributed by atoms with E-state index in [2.05, 4.69) is 12.1 Å². The van der Waals surface area contributed by atoms with Crippen molar-refractivity contribution in [3.8, 4) is 0 Å². The number of nitrogens with two attached hydrogens (primary N) is 3. The van der Waals surface area contributed by atoms with Crippen LogP contribution in [0.4, 0.5) is 0 Å². The Hall–Kier alpha value is -1.96. The van der Waals surface area contributed by atoms with Crippen molar-refractivity contribution < 1.29 is 14.7 Å². The van der Waals surface area contributed by atoms with Gasteiger partial charge in [0.2, 0.25) is 0 Å². The maximum Gasteiger partial charge on any atom is 0.320 e. The number of benzene rings is 2. The standard InChI is InChI=1S/C8H11N.C7H4Cl2O.C6H14N2O2/c9-7-6-8-4-2-1-3-5-8;8-6-2-1-5(4-10)7(9)3-6;7-4-2-1-3-5(8)6(9)10/h1-5H,6-7,9H2;1-4H;5H,1-4,7-8H2,(H,9,10)/t;;5-/m..0/s1. The maximum absolute atomic E-state index is 10.2. The van der Waals surface area contributed by atoms with Crippen LogP contribution in [0.3, 0.4) is 0 Å². The summed E-state index contributed by atoms with van der Waals surface area (Å²) in [6.07, 6.45) is 3.84. The first-order valence-corrected chi connectivity index (χ1v) is 9.94. The van der Waals surface area contributed by atoms with E-state index < -0.39 is 12.0 Å². The van der Waals surface area contributed by atoms with E-state index in [-0.39, 0.29) is 0 Å². The van der Waals surface area contributed by atoms with Crippen molar-refractivity contribution in [2.75, 3.05) is 13.1 Å². The number of carboxylic acids is 1. The summed E-state index contributed by atoms with van der Waals surface area (Å²) in [5.74, 6) is -0.933. The molecule has 6 nitrogen and oxygen atoms in total. The molecule has 0 aliphatic carbocycles. The predicted molar refractivity (Wildman–Crippen MR) is 120 cm³/mol. The Kier molecular flexibility index (Phi) is 15.8. The Balaban J connectivity index is 0.000000406. The molecule has 0 aromatic heterocycles. The highest BCUT2D eigenvalue weighted by Gasteiger charge is 2.09. The monoisotopic (exact) mass is 441 g/mol. The molecule has 0 bridgehead atoms. The molecule has 2 aromatic carbocycles. The van der Waals surface area contributed by atoms with Crippen LogP contribution in [0, 0.1) is 0 Å². The van der Waals surface area contributed by atoms with E-state index in [4.69, 9.17) is 45.5 Å². The Bertz CT molecular complexity index is 716. The molecule has 2 aromatic rings. The number of carbonyl (C=O) groups excluding carboxylic acids is 1. The molecular weight excluding hydrogens is 413 g/mol. The second-order valence-electron chi connectivity index (χ2n) is 6.04. The van der Waals surface area contributed by atoms with Gasteiger partial charge in [0, 0.05) is 10.6 Å². The largest absolute Gasteiger partial charge is 0.480 e. The van der Waals surface area contributed by atoms with E-state index in [1.165, 1.54) is 11.6 Å². The molecule has 0 radical (unpaired) electrons. The highest BCUT2D eigenvalue weighted by atomic mass is 35.5. The second-order valence-corrected chi connectivity index (χ2v) is 6.88. The van der Waals surface area contributed by atoms with Crippen LogP contribution in [-0.4, -0.2) is 36.5 Å². The Labute approximate surface area is 182 Å². The third-order valence-corrected chi connectivity index (χ3v) is 4.21. The number of aldehydes is 1. The van der Waals surface area contributed by atoms with Crippen molar-refractivity contribution in [2.24, 2.45) is 17.2 Å². The lowest BCUT2D eigenvalue weighted by Gasteiger charge is -2.03. The van der Waals surface area contributed by atoms with Gasteiger partial charge in [-0.1, -0.05) is 60.0 Å². The maximum atomic E-state index is 10.2. The molecule has 1 atom stereocenters. The van der Waals surface area contributed by atoms with Crippen LogP contribution >= 0.6 is 23.2 Å². The molecular formula is C21H29Cl2N3O3. The first-order chi connectivity index (χ1) is 13.8. The van der Waals surface area contributed by atoms with Crippen molar-refractivity contribution in [3.05, 3.63) is 69.7 Å². The third kappa shape index (κ3) is 13.8. The van der Waals surface area contributed by atoms with Crippen LogP contribution in [0.5, 0.6) is 0 Å². The molecule has 2 rings (SSSR count). The molecule has 0 saturated carbocycles. The lowest BCUT2D eigenvalue weighted by Crippen LogP contribution is -2.29. The Morgan fingerprint density at radius 1 is 1.03 bits per heavy atom. The summed E-state index contributed by atoms with van der Waals surface area (Å²) in [5.41, 5.74) is 17.6.